The summed E-state index contributed by atoms with van der Waals surface area (Å²) < 4.78 is 5.77. The maximum absolute atomic E-state index is 5.77. The average molecular weight is 281 g/mol. The second-order valence-corrected chi connectivity index (χ2v) is 4.35. The third kappa shape index (κ3) is 3.88. The Morgan fingerprint density at radius 2 is 1.82 bits per heavy atom. The van der Waals surface area contributed by atoms with Crippen LogP contribution in [-0.2, 0) is 0 Å². The van der Waals surface area contributed by atoms with Crippen LogP contribution in [0.25, 0.3) is 0 Å². The quantitative estimate of drug-likeness (QED) is 0.903. The fraction of sp³-hybridized carbons (Fsp3) is 0.667. The first kappa shape index (κ1) is 16.8. The molecule has 0 amide bonds. The van der Waals surface area contributed by atoms with Crippen LogP contribution in [0, 0.1) is 13.8 Å². The molecule has 1 atom stereocenters. The lowest BCUT2D eigenvalue weighted by atomic mass is 10.2. The number of nitrogens with zero attached hydrogens (tertiary/aromatic N) is 1. The zero-order valence-electron chi connectivity index (χ0n) is 10.7. The molecule has 0 spiro atoms. The van der Waals surface area contributed by atoms with Crippen LogP contribution < -0.4 is 5.32 Å². The molecule has 2 rings (SSSR count). The number of hydrogen-bond donors (Lipinski definition) is 1. The standard InChI is InChI=1S/C12H20N2O.2ClH/c1-9-8-12(15-11(9)3)10(2)14-6-4-13-5-7-14;;/h8,10,13H,4-7H2,1-3H3;2*1H/t10-;;/m1../s1. The fourth-order valence-corrected chi connectivity index (χ4v) is 2.06. The Morgan fingerprint density at radius 1 is 1.24 bits per heavy atom. The van der Waals surface area contributed by atoms with Gasteiger partial charge < -0.3 is 9.73 Å². The van der Waals surface area contributed by atoms with E-state index in [9.17, 15) is 0 Å². The van der Waals surface area contributed by atoms with Gasteiger partial charge in [-0.05, 0) is 32.4 Å². The predicted molar refractivity (Wildman–Crippen MR) is 75.5 cm³/mol. The predicted octanol–water partition coefficient (Wildman–Crippen LogP) is 2.71. The molecule has 1 N–H and O–H groups in total. The summed E-state index contributed by atoms with van der Waals surface area (Å²) in [5.41, 5.74) is 1.26. The van der Waals surface area contributed by atoms with Crippen molar-refractivity contribution in [2.24, 2.45) is 0 Å². The summed E-state index contributed by atoms with van der Waals surface area (Å²) in [4.78, 5) is 2.47. The number of rotatable bonds is 2. The number of aryl methyl sites for hydroxylation is 2. The minimum absolute atomic E-state index is 0. The van der Waals surface area contributed by atoms with Gasteiger partial charge in [0.25, 0.3) is 0 Å². The van der Waals surface area contributed by atoms with Crippen molar-refractivity contribution in [3.63, 3.8) is 0 Å². The van der Waals surface area contributed by atoms with Gasteiger partial charge in [-0.1, -0.05) is 0 Å². The molecule has 1 aromatic rings. The van der Waals surface area contributed by atoms with Gasteiger partial charge in [-0.2, -0.15) is 0 Å². The highest BCUT2D eigenvalue weighted by Gasteiger charge is 2.20. The lowest BCUT2D eigenvalue weighted by Gasteiger charge is -2.31. The maximum atomic E-state index is 5.77. The molecule has 1 aliphatic heterocycles. The molecule has 0 bridgehead atoms. The molecular formula is C12H22Cl2N2O. The molecule has 0 saturated carbocycles. The smallest absolute Gasteiger partial charge is 0.121 e. The van der Waals surface area contributed by atoms with Crippen LogP contribution >= 0.6 is 24.8 Å². The van der Waals surface area contributed by atoms with Crippen LogP contribution in [0.1, 0.15) is 30.0 Å². The Labute approximate surface area is 116 Å². The lowest BCUT2D eigenvalue weighted by molar-refractivity contribution is 0.166. The van der Waals surface area contributed by atoms with Gasteiger partial charge in [0, 0.05) is 26.2 Å². The summed E-state index contributed by atoms with van der Waals surface area (Å²) in [5.74, 6) is 2.15. The van der Waals surface area contributed by atoms with Gasteiger partial charge in [0.05, 0.1) is 6.04 Å². The molecule has 17 heavy (non-hydrogen) atoms. The van der Waals surface area contributed by atoms with Crippen LogP contribution in [0.5, 0.6) is 0 Å². The highest BCUT2D eigenvalue weighted by atomic mass is 35.5. The monoisotopic (exact) mass is 280 g/mol. The van der Waals surface area contributed by atoms with Crippen LogP contribution in [0.4, 0.5) is 0 Å². The Balaban J connectivity index is 0.00000128. The number of halogens is 2. The van der Waals surface area contributed by atoms with E-state index in [1.54, 1.807) is 0 Å². The topological polar surface area (TPSA) is 28.4 Å². The van der Waals surface area contributed by atoms with Crippen molar-refractivity contribution in [3.8, 4) is 0 Å². The minimum atomic E-state index is 0. The number of hydrogen-bond acceptors (Lipinski definition) is 3. The molecular weight excluding hydrogens is 259 g/mol. The third-order valence-electron chi connectivity index (χ3n) is 3.30. The minimum Gasteiger partial charge on any atom is -0.464 e. The summed E-state index contributed by atoms with van der Waals surface area (Å²) in [6.07, 6.45) is 0. The molecule has 0 radical (unpaired) electrons. The van der Waals surface area contributed by atoms with E-state index < -0.39 is 0 Å². The average Bonchev–Trinajstić information content (AvgIpc) is 2.59. The molecule has 1 fully saturated rings. The van der Waals surface area contributed by atoms with E-state index >= 15 is 0 Å². The highest BCUT2D eigenvalue weighted by molar-refractivity contribution is 5.85. The van der Waals surface area contributed by atoms with E-state index in [0.717, 1.165) is 37.7 Å². The van der Waals surface area contributed by atoms with Crippen molar-refractivity contribution in [1.82, 2.24) is 10.2 Å². The van der Waals surface area contributed by atoms with Crippen LogP contribution in [0.3, 0.4) is 0 Å². The number of nitrogens with one attached hydrogen (secondary N) is 1. The van der Waals surface area contributed by atoms with Gasteiger partial charge in [0.1, 0.15) is 11.5 Å². The Kier molecular flexibility index (Phi) is 7.17. The van der Waals surface area contributed by atoms with Crippen LogP contribution in [-0.4, -0.2) is 31.1 Å². The molecule has 2 heterocycles. The lowest BCUT2D eigenvalue weighted by Crippen LogP contribution is -2.44. The SMILES string of the molecule is Cc1cc([C@@H](C)N2CCNCC2)oc1C.Cl.Cl. The van der Waals surface area contributed by atoms with E-state index in [2.05, 4.69) is 30.1 Å². The molecule has 1 aliphatic rings. The number of furan rings is 1. The Morgan fingerprint density at radius 3 is 2.29 bits per heavy atom. The molecule has 1 saturated heterocycles. The molecule has 0 aliphatic carbocycles. The van der Waals surface area contributed by atoms with Gasteiger partial charge >= 0.3 is 0 Å². The summed E-state index contributed by atoms with van der Waals surface area (Å²) in [5, 5.41) is 3.37. The van der Waals surface area contributed by atoms with Gasteiger partial charge in [-0.3, -0.25) is 4.90 Å². The van der Waals surface area contributed by atoms with Gasteiger partial charge in [0.2, 0.25) is 0 Å². The highest BCUT2D eigenvalue weighted by Crippen LogP contribution is 2.24. The van der Waals surface area contributed by atoms with Crippen molar-refractivity contribution < 1.29 is 4.42 Å². The summed E-state index contributed by atoms with van der Waals surface area (Å²) in [6, 6.07) is 2.57. The van der Waals surface area contributed by atoms with Crippen LogP contribution in [0.2, 0.25) is 0 Å². The Hall–Kier alpha value is -0.220. The van der Waals surface area contributed by atoms with Crippen molar-refractivity contribution in [2.75, 3.05) is 26.2 Å². The second kappa shape index (κ2) is 7.27. The van der Waals surface area contributed by atoms with Gasteiger partial charge in [-0.25, -0.2) is 0 Å². The normalized spacial score (nSPS) is 18.1. The van der Waals surface area contributed by atoms with E-state index in [1.165, 1.54) is 5.56 Å². The van der Waals surface area contributed by atoms with Crippen LogP contribution in [0.15, 0.2) is 10.5 Å². The van der Waals surface area contributed by atoms with E-state index in [1.807, 2.05) is 6.92 Å². The molecule has 1 aromatic heterocycles. The van der Waals surface area contributed by atoms with Crippen molar-refractivity contribution in [2.45, 2.75) is 26.8 Å². The maximum Gasteiger partial charge on any atom is 0.121 e. The first-order chi connectivity index (χ1) is 7.18. The summed E-state index contributed by atoms with van der Waals surface area (Å²) in [7, 11) is 0. The zero-order valence-corrected chi connectivity index (χ0v) is 12.3. The van der Waals surface area contributed by atoms with E-state index in [4.69, 9.17) is 4.42 Å². The van der Waals surface area contributed by atoms with Gasteiger partial charge in [0.15, 0.2) is 0 Å². The van der Waals surface area contributed by atoms with Crippen molar-refractivity contribution >= 4 is 24.8 Å². The van der Waals surface area contributed by atoms with E-state index in [0.29, 0.717) is 6.04 Å². The summed E-state index contributed by atoms with van der Waals surface area (Å²) in [6.45, 7) is 10.8. The number of piperazine rings is 1. The third-order valence-corrected chi connectivity index (χ3v) is 3.30. The fourth-order valence-electron chi connectivity index (χ4n) is 2.06. The molecule has 5 heteroatoms. The first-order valence-electron chi connectivity index (χ1n) is 5.70. The second-order valence-electron chi connectivity index (χ2n) is 4.35. The first-order valence-corrected chi connectivity index (χ1v) is 5.70. The molecule has 0 aromatic carbocycles. The molecule has 3 nitrogen and oxygen atoms in total. The summed E-state index contributed by atoms with van der Waals surface area (Å²) >= 11 is 0. The van der Waals surface area contributed by atoms with Crippen molar-refractivity contribution in [3.05, 3.63) is 23.2 Å². The van der Waals surface area contributed by atoms with E-state index in [-0.39, 0.29) is 24.8 Å². The zero-order chi connectivity index (χ0) is 10.8. The Bertz CT molecular complexity index is 316. The van der Waals surface area contributed by atoms with Gasteiger partial charge in [-0.15, -0.1) is 24.8 Å². The van der Waals surface area contributed by atoms with Crippen molar-refractivity contribution in [1.29, 1.82) is 0 Å². The molecule has 0 unspecified atom stereocenters. The molecule has 100 valence electrons. The largest absolute Gasteiger partial charge is 0.464 e.